The summed E-state index contributed by atoms with van der Waals surface area (Å²) in [5, 5.41) is 3.35. The van der Waals surface area contributed by atoms with Crippen LogP contribution in [0.25, 0.3) is 0 Å². The molecule has 0 saturated carbocycles. The summed E-state index contributed by atoms with van der Waals surface area (Å²) in [6.45, 7) is 6.10. The van der Waals surface area contributed by atoms with Gasteiger partial charge >= 0.3 is 0 Å². The molecule has 3 N–H and O–H groups in total. The largest absolute Gasteiger partial charge is 0.370 e. The van der Waals surface area contributed by atoms with Crippen LogP contribution in [-0.4, -0.2) is 36.1 Å². The number of nitrogens with zero attached hydrogens (tertiary/aromatic N) is 3. The van der Waals surface area contributed by atoms with Gasteiger partial charge in [-0.1, -0.05) is 13.3 Å². The molecule has 0 bridgehead atoms. The molecular weight excluding hydrogens is 238 g/mol. The van der Waals surface area contributed by atoms with E-state index in [1.165, 1.54) is 19.3 Å². The predicted molar refractivity (Wildman–Crippen MR) is 79.4 cm³/mol. The molecular formula is C14H25N5. The number of nitrogens with two attached hydrogens (primary N) is 1. The number of anilines is 2. The molecule has 5 nitrogen and oxygen atoms in total. The van der Waals surface area contributed by atoms with Crippen LogP contribution in [0.5, 0.6) is 0 Å². The van der Waals surface area contributed by atoms with E-state index in [0.29, 0.717) is 0 Å². The van der Waals surface area contributed by atoms with Gasteiger partial charge in [-0.15, -0.1) is 0 Å². The van der Waals surface area contributed by atoms with Gasteiger partial charge in [0.1, 0.15) is 18.0 Å². The molecule has 1 atom stereocenters. The molecule has 0 spiro atoms. The fraction of sp³-hybridized carbons (Fsp3) is 0.714. The summed E-state index contributed by atoms with van der Waals surface area (Å²) in [6.07, 6.45) is 6.35. The highest BCUT2D eigenvalue weighted by Crippen LogP contribution is 2.24. The van der Waals surface area contributed by atoms with E-state index in [2.05, 4.69) is 33.2 Å². The van der Waals surface area contributed by atoms with E-state index in [9.17, 15) is 0 Å². The van der Waals surface area contributed by atoms with Gasteiger partial charge in [-0.05, 0) is 31.7 Å². The zero-order valence-electron chi connectivity index (χ0n) is 11.8. The molecule has 0 amide bonds. The molecule has 19 heavy (non-hydrogen) atoms. The minimum absolute atomic E-state index is 0.719. The van der Waals surface area contributed by atoms with Crippen molar-refractivity contribution in [2.45, 2.75) is 32.6 Å². The summed E-state index contributed by atoms with van der Waals surface area (Å²) in [5.41, 5.74) is 5.63. The van der Waals surface area contributed by atoms with Crippen LogP contribution in [0.2, 0.25) is 0 Å². The molecule has 2 heterocycles. The van der Waals surface area contributed by atoms with Gasteiger partial charge in [0.15, 0.2) is 0 Å². The molecule has 1 aromatic heterocycles. The normalized spacial score (nSPS) is 18.8. The van der Waals surface area contributed by atoms with Crippen molar-refractivity contribution in [2.24, 2.45) is 11.7 Å². The average Bonchev–Trinajstić information content (AvgIpc) is 2.89. The van der Waals surface area contributed by atoms with Crippen molar-refractivity contribution in [3.8, 4) is 0 Å². The maximum Gasteiger partial charge on any atom is 0.134 e. The van der Waals surface area contributed by atoms with Gasteiger partial charge in [0.25, 0.3) is 0 Å². The van der Waals surface area contributed by atoms with Crippen LogP contribution < -0.4 is 16.0 Å². The summed E-state index contributed by atoms with van der Waals surface area (Å²) in [5.74, 6) is 2.69. The van der Waals surface area contributed by atoms with Crippen LogP contribution in [0.15, 0.2) is 12.4 Å². The second-order valence-corrected chi connectivity index (χ2v) is 5.22. The zero-order valence-corrected chi connectivity index (χ0v) is 11.8. The third-order valence-electron chi connectivity index (χ3n) is 3.67. The van der Waals surface area contributed by atoms with Crippen molar-refractivity contribution >= 4 is 11.6 Å². The second-order valence-electron chi connectivity index (χ2n) is 5.22. The average molecular weight is 263 g/mol. The smallest absolute Gasteiger partial charge is 0.134 e. The summed E-state index contributed by atoms with van der Waals surface area (Å²) in [7, 11) is 0. The van der Waals surface area contributed by atoms with E-state index in [1.807, 2.05) is 0 Å². The Kier molecular flexibility index (Phi) is 5.39. The van der Waals surface area contributed by atoms with Crippen molar-refractivity contribution in [2.75, 3.05) is 36.4 Å². The molecule has 1 saturated heterocycles. The summed E-state index contributed by atoms with van der Waals surface area (Å²) in [6, 6.07) is 2.06. The van der Waals surface area contributed by atoms with Crippen LogP contribution >= 0.6 is 0 Å². The molecule has 0 radical (unpaired) electrons. The van der Waals surface area contributed by atoms with E-state index >= 15 is 0 Å². The quantitative estimate of drug-likeness (QED) is 0.735. The van der Waals surface area contributed by atoms with Gasteiger partial charge in [-0.3, -0.25) is 0 Å². The van der Waals surface area contributed by atoms with Gasteiger partial charge in [0, 0.05) is 25.7 Å². The van der Waals surface area contributed by atoms with Gasteiger partial charge < -0.3 is 16.0 Å². The maximum atomic E-state index is 5.63. The monoisotopic (exact) mass is 263 g/mol. The third-order valence-corrected chi connectivity index (χ3v) is 3.67. The van der Waals surface area contributed by atoms with Gasteiger partial charge in [-0.25, -0.2) is 9.97 Å². The number of rotatable bonds is 7. The molecule has 1 aliphatic rings. The van der Waals surface area contributed by atoms with Gasteiger partial charge in [-0.2, -0.15) is 0 Å². The van der Waals surface area contributed by atoms with Crippen molar-refractivity contribution in [3.05, 3.63) is 12.4 Å². The van der Waals surface area contributed by atoms with Crippen LogP contribution in [0, 0.1) is 5.92 Å². The lowest BCUT2D eigenvalue weighted by Crippen LogP contribution is -2.22. The molecule has 1 fully saturated rings. The van der Waals surface area contributed by atoms with E-state index in [1.54, 1.807) is 6.33 Å². The number of hydrogen-bond donors (Lipinski definition) is 2. The molecule has 1 unspecified atom stereocenters. The lowest BCUT2D eigenvalue weighted by atomic mass is 10.1. The second kappa shape index (κ2) is 7.28. The van der Waals surface area contributed by atoms with Crippen LogP contribution in [0.1, 0.15) is 32.6 Å². The standard InChI is InChI=1S/C14H25N5/c1-2-3-7-16-13-9-14(18-11-17-13)19-8-5-12(10-19)4-6-15/h9,11-12H,2-8,10,15H2,1H3,(H,16,17,18). The van der Waals surface area contributed by atoms with E-state index in [0.717, 1.165) is 50.2 Å². The highest BCUT2D eigenvalue weighted by atomic mass is 15.2. The molecule has 0 aromatic carbocycles. The molecule has 0 aliphatic carbocycles. The van der Waals surface area contributed by atoms with Crippen molar-refractivity contribution in [3.63, 3.8) is 0 Å². The SMILES string of the molecule is CCCCNc1cc(N2CCC(CCN)C2)ncn1. The third kappa shape index (κ3) is 4.06. The van der Waals surface area contributed by atoms with E-state index < -0.39 is 0 Å². The molecule has 5 heteroatoms. The fourth-order valence-corrected chi connectivity index (χ4v) is 2.52. The number of nitrogens with one attached hydrogen (secondary N) is 1. The summed E-state index contributed by atoms with van der Waals surface area (Å²) >= 11 is 0. The van der Waals surface area contributed by atoms with Crippen LogP contribution in [0.4, 0.5) is 11.6 Å². The van der Waals surface area contributed by atoms with Crippen LogP contribution in [-0.2, 0) is 0 Å². The van der Waals surface area contributed by atoms with Gasteiger partial charge in [0.05, 0.1) is 0 Å². The Labute approximate surface area is 115 Å². The number of hydrogen-bond acceptors (Lipinski definition) is 5. The molecule has 106 valence electrons. The maximum absolute atomic E-state index is 5.63. The Morgan fingerprint density at radius 2 is 2.37 bits per heavy atom. The fourth-order valence-electron chi connectivity index (χ4n) is 2.52. The first-order chi connectivity index (χ1) is 9.33. The Bertz CT molecular complexity index is 382. The predicted octanol–water partition coefficient (Wildman–Crippen LogP) is 1.86. The first kappa shape index (κ1) is 14.1. The molecule has 1 aliphatic heterocycles. The Hall–Kier alpha value is -1.36. The Morgan fingerprint density at radius 3 is 3.16 bits per heavy atom. The Balaban J connectivity index is 1.91. The van der Waals surface area contributed by atoms with E-state index in [4.69, 9.17) is 5.73 Å². The lowest BCUT2D eigenvalue weighted by Gasteiger charge is -2.18. The van der Waals surface area contributed by atoms with Crippen molar-refractivity contribution in [1.82, 2.24) is 9.97 Å². The van der Waals surface area contributed by atoms with Crippen LogP contribution in [0.3, 0.4) is 0 Å². The zero-order chi connectivity index (χ0) is 13.5. The minimum atomic E-state index is 0.719. The summed E-state index contributed by atoms with van der Waals surface area (Å²) in [4.78, 5) is 11.0. The number of unbranched alkanes of at least 4 members (excludes halogenated alkanes) is 1. The first-order valence-corrected chi connectivity index (χ1v) is 7.34. The van der Waals surface area contributed by atoms with Crippen molar-refractivity contribution < 1.29 is 0 Å². The Morgan fingerprint density at radius 1 is 1.47 bits per heavy atom. The molecule has 2 rings (SSSR count). The topological polar surface area (TPSA) is 67.1 Å². The first-order valence-electron chi connectivity index (χ1n) is 7.34. The molecule has 1 aromatic rings. The highest BCUT2D eigenvalue weighted by Gasteiger charge is 2.22. The summed E-state index contributed by atoms with van der Waals surface area (Å²) < 4.78 is 0. The van der Waals surface area contributed by atoms with Crippen molar-refractivity contribution in [1.29, 1.82) is 0 Å². The lowest BCUT2D eigenvalue weighted by molar-refractivity contribution is 0.546. The highest BCUT2D eigenvalue weighted by molar-refractivity contribution is 5.49. The minimum Gasteiger partial charge on any atom is -0.370 e. The number of aromatic nitrogens is 2. The van der Waals surface area contributed by atoms with Gasteiger partial charge in [0.2, 0.25) is 0 Å². The van der Waals surface area contributed by atoms with E-state index in [-0.39, 0.29) is 0 Å².